The molecule has 2 amide bonds. The molecule has 3 aromatic rings. The first-order valence-electron chi connectivity index (χ1n) is 12.2. The number of fused-ring (bicyclic) bond motifs is 1. The van der Waals surface area contributed by atoms with Crippen molar-refractivity contribution in [1.82, 2.24) is 0 Å². The number of hydrogen-bond donors (Lipinski definition) is 1. The number of allylic oxidation sites excluding steroid dienone is 1. The van der Waals surface area contributed by atoms with Gasteiger partial charge in [0.05, 0.1) is 42.4 Å². The fourth-order valence-corrected chi connectivity index (χ4v) is 8.09. The topological polar surface area (TPSA) is 58.6 Å². The van der Waals surface area contributed by atoms with Crippen LogP contribution in [-0.4, -0.2) is 29.3 Å². The number of nitrogens with one attached hydrogen (secondary N) is 1. The van der Waals surface area contributed by atoms with E-state index in [1.54, 1.807) is 37.1 Å². The van der Waals surface area contributed by atoms with E-state index in [1.807, 2.05) is 62.4 Å². The van der Waals surface area contributed by atoms with E-state index in [1.165, 1.54) is 23.5 Å². The Labute approximate surface area is 256 Å². The third kappa shape index (κ3) is 5.19. The molecule has 5 rings (SSSR count). The Balaban J connectivity index is 1.64. The Kier molecular flexibility index (Phi) is 8.10. The highest BCUT2D eigenvalue weighted by molar-refractivity contribution is 8.32. The molecule has 40 heavy (non-hydrogen) atoms. The van der Waals surface area contributed by atoms with Crippen LogP contribution in [-0.2, 0) is 4.79 Å². The van der Waals surface area contributed by atoms with Gasteiger partial charge in [0.25, 0.3) is 0 Å². The van der Waals surface area contributed by atoms with Crippen LogP contribution in [0.4, 0.5) is 16.2 Å². The van der Waals surface area contributed by atoms with Gasteiger partial charge in [-0.3, -0.25) is 9.69 Å². The largest absolute Gasteiger partial charge is 0.497 e. The van der Waals surface area contributed by atoms with Gasteiger partial charge in [0, 0.05) is 21.7 Å². The fraction of sp³-hybridized carbons (Fsp3) is 0.167. The summed E-state index contributed by atoms with van der Waals surface area (Å²) in [5.41, 5.74) is 2.80. The van der Waals surface area contributed by atoms with Gasteiger partial charge in [-0.15, -0.1) is 0 Å². The lowest BCUT2D eigenvalue weighted by molar-refractivity contribution is -0.112. The van der Waals surface area contributed by atoms with E-state index in [9.17, 15) is 9.59 Å². The number of benzene rings is 3. The smallest absolute Gasteiger partial charge is 0.327 e. The van der Waals surface area contributed by atoms with Crippen LogP contribution >= 0.6 is 58.9 Å². The van der Waals surface area contributed by atoms with E-state index in [0.717, 1.165) is 25.8 Å². The fourth-order valence-electron chi connectivity index (χ4n) is 4.60. The minimum Gasteiger partial charge on any atom is -0.497 e. The third-order valence-corrected chi connectivity index (χ3v) is 10.8. The SMILES string of the molecule is COc1ccc2c(c1)/C(=C1/SC(C(C)=O)=C(c3ccccc3)S1)C(=S)C(C)(C)N2C(=O)Nc1ccc(Cl)c(Cl)c1. The number of carbonyl (C=O) groups excluding carboxylic acids is 2. The number of amides is 2. The molecule has 0 saturated carbocycles. The second-order valence-corrected chi connectivity index (χ2v) is 13.1. The summed E-state index contributed by atoms with van der Waals surface area (Å²) in [6.45, 7) is 5.41. The molecular formula is C30H24Cl2N2O3S3. The first-order valence-corrected chi connectivity index (χ1v) is 15.0. The van der Waals surface area contributed by atoms with Crippen molar-refractivity contribution in [1.29, 1.82) is 0 Å². The molecule has 0 radical (unpaired) electrons. The highest BCUT2D eigenvalue weighted by atomic mass is 35.5. The lowest BCUT2D eigenvalue weighted by Gasteiger charge is -2.45. The number of thioether (sulfide) groups is 2. The molecule has 0 saturated heterocycles. The summed E-state index contributed by atoms with van der Waals surface area (Å²) >= 11 is 21.3. The molecule has 0 spiro atoms. The molecule has 204 valence electrons. The summed E-state index contributed by atoms with van der Waals surface area (Å²) in [6, 6.07) is 19.9. The Morgan fingerprint density at radius 3 is 2.35 bits per heavy atom. The highest BCUT2D eigenvalue weighted by Gasteiger charge is 2.45. The maximum absolute atomic E-state index is 13.8. The van der Waals surface area contributed by atoms with Crippen LogP contribution in [0.25, 0.3) is 10.5 Å². The first kappa shape index (κ1) is 28.8. The first-order chi connectivity index (χ1) is 19.0. The van der Waals surface area contributed by atoms with Gasteiger partial charge in [0.2, 0.25) is 0 Å². The molecule has 2 aliphatic heterocycles. The maximum Gasteiger partial charge on any atom is 0.327 e. The molecule has 10 heteroatoms. The second-order valence-electron chi connectivity index (χ2n) is 9.61. The number of ether oxygens (including phenoxy) is 1. The number of nitrogens with zero attached hydrogens (tertiary/aromatic N) is 1. The number of urea groups is 1. The summed E-state index contributed by atoms with van der Waals surface area (Å²) in [5.74, 6) is 0.613. The predicted molar refractivity (Wildman–Crippen MR) is 174 cm³/mol. The molecule has 0 unspecified atom stereocenters. The molecule has 0 aromatic heterocycles. The predicted octanol–water partition coefficient (Wildman–Crippen LogP) is 9.31. The minimum atomic E-state index is -0.896. The third-order valence-electron chi connectivity index (χ3n) is 6.59. The summed E-state index contributed by atoms with van der Waals surface area (Å²) in [4.78, 5) is 30.3. The van der Waals surface area contributed by atoms with Crippen LogP contribution in [0.1, 0.15) is 31.9 Å². The standard InChI is InChI=1S/C30H24Cl2N2O3S3/c1-16(35)25-26(17-8-6-5-7-9-17)40-28(39-25)24-20-15-19(37-4)11-13-23(20)34(30(2,3)27(24)38)29(36)33-18-10-12-21(31)22(32)14-18/h5-15H,1-4H3,(H,33,36)/b28-24+. The number of anilines is 2. The van der Waals surface area contributed by atoms with Crippen LogP contribution in [0.3, 0.4) is 0 Å². The summed E-state index contributed by atoms with van der Waals surface area (Å²) in [7, 11) is 1.59. The number of rotatable bonds is 4. The molecule has 0 aliphatic carbocycles. The van der Waals surface area contributed by atoms with Crippen LogP contribution < -0.4 is 15.0 Å². The number of methoxy groups -OCH3 is 1. The molecule has 1 N–H and O–H groups in total. The molecule has 0 fully saturated rings. The van der Waals surface area contributed by atoms with Crippen molar-refractivity contribution in [2.24, 2.45) is 0 Å². The van der Waals surface area contributed by atoms with Crippen molar-refractivity contribution in [3.63, 3.8) is 0 Å². The van der Waals surface area contributed by atoms with E-state index >= 15 is 0 Å². The zero-order chi connectivity index (χ0) is 28.8. The van der Waals surface area contributed by atoms with Crippen LogP contribution in [0.5, 0.6) is 5.75 Å². The zero-order valence-electron chi connectivity index (χ0n) is 22.0. The van der Waals surface area contributed by atoms with Crippen molar-refractivity contribution in [3.8, 4) is 5.75 Å². The number of halogens is 2. The van der Waals surface area contributed by atoms with Gasteiger partial charge < -0.3 is 10.1 Å². The van der Waals surface area contributed by atoms with E-state index in [2.05, 4.69) is 5.32 Å². The van der Waals surface area contributed by atoms with E-state index in [-0.39, 0.29) is 11.8 Å². The number of Topliss-reactive ketones (excluding diaryl/α,β-unsaturated/α-hetero) is 1. The van der Waals surface area contributed by atoms with Crippen molar-refractivity contribution in [2.75, 3.05) is 17.3 Å². The van der Waals surface area contributed by atoms with Crippen LogP contribution in [0.2, 0.25) is 10.0 Å². The van der Waals surface area contributed by atoms with E-state index in [0.29, 0.717) is 36.9 Å². The maximum atomic E-state index is 13.8. The Morgan fingerprint density at radius 1 is 0.975 bits per heavy atom. The molecule has 3 aromatic carbocycles. The quantitative estimate of drug-likeness (QED) is 0.230. The monoisotopic (exact) mass is 626 g/mol. The summed E-state index contributed by atoms with van der Waals surface area (Å²) in [6.07, 6.45) is 0. The molecular weight excluding hydrogens is 603 g/mol. The number of hydrogen-bond acceptors (Lipinski definition) is 6. The highest BCUT2D eigenvalue weighted by Crippen LogP contribution is 2.58. The van der Waals surface area contributed by atoms with Gasteiger partial charge >= 0.3 is 6.03 Å². The number of carbonyl (C=O) groups is 2. The lowest BCUT2D eigenvalue weighted by atomic mass is 9.83. The van der Waals surface area contributed by atoms with Gasteiger partial charge in [-0.2, -0.15) is 0 Å². The van der Waals surface area contributed by atoms with Crippen LogP contribution in [0, 0.1) is 0 Å². The van der Waals surface area contributed by atoms with Crippen molar-refractivity contribution in [3.05, 3.63) is 97.0 Å². The Hall–Kier alpha value is -2.75. The van der Waals surface area contributed by atoms with Gasteiger partial charge in [-0.25, -0.2) is 4.79 Å². The van der Waals surface area contributed by atoms with Gasteiger partial charge in [0.1, 0.15) is 5.75 Å². The van der Waals surface area contributed by atoms with E-state index < -0.39 is 5.54 Å². The lowest BCUT2D eigenvalue weighted by Crippen LogP contribution is -2.57. The minimum absolute atomic E-state index is 0.0126. The molecule has 0 atom stereocenters. The van der Waals surface area contributed by atoms with Gasteiger partial charge in [-0.05, 0) is 62.7 Å². The zero-order valence-corrected chi connectivity index (χ0v) is 26.0. The number of ketones is 1. The molecule has 2 aliphatic rings. The molecule has 5 nitrogen and oxygen atoms in total. The average molecular weight is 628 g/mol. The van der Waals surface area contributed by atoms with Crippen LogP contribution in [0.15, 0.2) is 75.9 Å². The Morgan fingerprint density at radius 2 is 1.70 bits per heavy atom. The average Bonchev–Trinajstić information content (AvgIpc) is 3.37. The normalized spacial score (nSPS) is 18.1. The van der Waals surface area contributed by atoms with E-state index in [4.69, 9.17) is 40.2 Å². The van der Waals surface area contributed by atoms with Gasteiger partial charge in [0.15, 0.2) is 5.78 Å². The molecule has 0 bridgehead atoms. The van der Waals surface area contributed by atoms with Gasteiger partial charge in [-0.1, -0.05) is 89.3 Å². The summed E-state index contributed by atoms with van der Waals surface area (Å²) in [5, 5.41) is 3.67. The van der Waals surface area contributed by atoms with Crippen molar-refractivity contribution < 1.29 is 14.3 Å². The van der Waals surface area contributed by atoms with Crippen molar-refractivity contribution in [2.45, 2.75) is 26.3 Å². The molecule has 2 heterocycles. The number of thiocarbonyl (C=S) groups is 1. The summed E-state index contributed by atoms with van der Waals surface area (Å²) < 4.78 is 6.44. The van der Waals surface area contributed by atoms with Crippen molar-refractivity contribution >= 4 is 97.5 Å². The Bertz CT molecular complexity index is 1630. The second kappa shape index (κ2) is 11.3.